The van der Waals surface area contributed by atoms with Gasteiger partial charge in [0.05, 0.1) is 18.4 Å². The van der Waals surface area contributed by atoms with E-state index in [1.165, 1.54) is 13.2 Å². The van der Waals surface area contributed by atoms with E-state index in [1.54, 1.807) is 33.8 Å². The van der Waals surface area contributed by atoms with Crippen LogP contribution in [0, 0.1) is 13.8 Å². The summed E-state index contributed by atoms with van der Waals surface area (Å²) >= 11 is 0. The maximum atomic E-state index is 12.7. The first kappa shape index (κ1) is 18.4. The second-order valence-corrected chi connectivity index (χ2v) is 7.84. The van der Waals surface area contributed by atoms with Crippen LogP contribution < -0.4 is 9.46 Å². The number of hydrogen-bond donors (Lipinski definition) is 1. The third-order valence-corrected chi connectivity index (χ3v) is 5.59. The maximum absolute atomic E-state index is 12.7. The fourth-order valence-electron chi connectivity index (χ4n) is 2.81. The molecule has 0 bridgehead atoms. The van der Waals surface area contributed by atoms with Gasteiger partial charge < -0.3 is 4.74 Å². The SMILES string of the molecule is COc1cc(C)c(S(=O)(=O)NC2CC(=O)N(C(C)C)C2=O)cc1C. The molecular weight excluding hydrogens is 332 g/mol. The van der Waals surface area contributed by atoms with E-state index in [4.69, 9.17) is 4.74 Å². The summed E-state index contributed by atoms with van der Waals surface area (Å²) in [5, 5.41) is 0. The molecule has 1 heterocycles. The van der Waals surface area contributed by atoms with E-state index in [1.807, 2.05) is 0 Å². The van der Waals surface area contributed by atoms with Crippen LogP contribution in [0.25, 0.3) is 0 Å². The number of aryl methyl sites for hydroxylation is 2. The van der Waals surface area contributed by atoms with E-state index >= 15 is 0 Å². The van der Waals surface area contributed by atoms with E-state index < -0.39 is 22.0 Å². The standard InChI is InChI=1S/C16H22N2O5S/c1-9(2)18-15(19)8-12(16(18)20)17-24(21,22)14-7-10(3)13(23-5)6-11(14)4/h6-7,9,12,17H,8H2,1-5H3. The third kappa shape index (κ3) is 3.29. The van der Waals surface area contributed by atoms with E-state index in [0.717, 1.165) is 4.90 Å². The van der Waals surface area contributed by atoms with Gasteiger partial charge in [0.1, 0.15) is 11.8 Å². The van der Waals surface area contributed by atoms with Crippen molar-refractivity contribution in [2.24, 2.45) is 0 Å². The lowest BCUT2D eigenvalue weighted by Crippen LogP contribution is -2.43. The van der Waals surface area contributed by atoms with Crippen molar-refractivity contribution in [2.75, 3.05) is 7.11 Å². The highest BCUT2D eigenvalue weighted by molar-refractivity contribution is 7.89. The van der Waals surface area contributed by atoms with Crippen LogP contribution in [0.5, 0.6) is 5.75 Å². The maximum Gasteiger partial charge on any atom is 0.248 e. The molecule has 1 aliphatic heterocycles. The van der Waals surface area contributed by atoms with Crippen molar-refractivity contribution in [3.05, 3.63) is 23.3 Å². The van der Waals surface area contributed by atoms with Gasteiger partial charge in [0.25, 0.3) is 0 Å². The fourth-order valence-corrected chi connectivity index (χ4v) is 4.31. The van der Waals surface area contributed by atoms with Crippen LogP contribution in [-0.2, 0) is 19.6 Å². The van der Waals surface area contributed by atoms with Gasteiger partial charge in [0.15, 0.2) is 0 Å². The summed E-state index contributed by atoms with van der Waals surface area (Å²) in [7, 11) is -2.42. The molecule has 1 N–H and O–H groups in total. The molecule has 0 aromatic heterocycles. The highest BCUT2D eigenvalue weighted by Gasteiger charge is 2.42. The summed E-state index contributed by atoms with van der Waals surface area (Å²) in [5.41, 5.74) is 1.17. The Labute approximate surface area is 142 Å². The van der Waals surface area contributed by atoms with Gasteiger partial charge in [-0.3, -0.25) is 14.5 Å². The zero-order valence-corrected chi connectivity index (χ0v) is 15.2. The lowest BCUT2D eigenvalue weighted by Gasteiger charge is -2.19. The Morgan fingerprint density at radius 1 is 1.21 bits per heavy atom. The number of methoxy groups -OCH3 is 1. The van der Waals surface area contributed by atoms with Gasteiger partial charge in [-0.2, -0.15) is 4.72 Å². The van der Waals surface area contributed by atoms with Crippen LogP contribution in [-0.4, -0.2) is 44.3 Å². The Morgan fingerprint density at radius 3 is 2.33 bits per heavy atom. The number of hydrogen-bond acceptors (Lipinski definition) is 5. The van der Waals surface area contributed by atoms with Gasteiger partial charge >= 0.3 is 0 Å². The molecule has 2 rings (SSSR count). The van der Waals surface area contributed by atoms with Crippen LogP contribution in [0.15, 0.2) is 17.0 Å². The Hall–Kier alpha value is -1.93. The quantitative estimate of drug-likeness (QED) is 0.800. The van der Waals surface area contributed by atoms with Crippen molar-refractivity contribution in [1.29, 1.82) is 0 Å². The minimum absolute atomic E-state index is 0.0732. The number of nitrogens with zero attached hydrogens (tertiary/aromatic N) is 1. The zero-order chi connectivity index (χ0) is 18.2. The zero-order valence-electron chi connectivity index (χ0n) is 14.4. The van der Waals surface area contributed by atoms with Gasteiger partial charge in [-0.15, -0.1) is 0 Å². The molecular formula is C16H22N2O5S. The molecule has 8 heteroatoms. The highest BCUT2D eigenvalue weighted by atomic mass is 32.2. The molecule has 1 unspecified atom stereocenters. The molecule has 0 saturated carbocycles. The highest BCUT2D eigenvalue weighted by Crippen LogP contribution is 2.26. The summed E-state index contributed by atoms with van der Waals surface area (Å²) in [6.45, 7) is 6.81. The topological polar surface area (TPSA) is 92.8 Å². The van der Waals surface area contributed by atoms with Crippen LogP contribution in [0.4, 0.5) is 0 Å². The number of amides is 2. The molecule has 1 saturated heterocycles. The number of imide groups is 1. The minimum atomic E-state index is -3.93. The molecule has 7 nitrogen and oxygen atoms in total. The molecule has 0 radical (unpaired) electrons. The predicted molar refractivity (Wildman–Crippen MR) is 88.2 cm³/mol. The van der Waals surface area contributed by atoms with Crippen LogP contribution in [0.3, 0.4) is 0 Å². The Bertz CT molecular complexity index is 786. The number of rotatable bonds is 5. The molecule has 1 aromatic carbocycles. The lowest BCUT2D eigenvalue weighted by molar-refractivity contribution is -0.140. The van der Waals surface area contributed by atoms with Crippen LogP contribution >= 0.6 is 0 Å². The first-order valence-electron chi connectivity index (χ1n) is 7.62. The number of carbonyl (C=O) groups excluding carboxylic acids is 2. The number of ether oxygens (including phenoxy) is 1. The van der Waals surface area contributed by atoms with Gasteiger partial charge in [0.2, 0.25) is 21.8 Å². The Morgan fingerprint density at radius 2 is 1.83 bits per heavy atom. The van der Waals surface area contributed by atoms with Gasteiger partial charge in [-0.05, 0) is 51.0 Å². The lowest BCUT2D eigenvalue weighted by atomic mass is 10.1. The van der Waals surface area contributed by atoms with Crippen LogP contribution in [0.1, 0.15) is 31.4 Å². The molecule has 0 aliphatic carbocycles. The normalized spacial score (nSPS) is 18.6. The summed E-state index contributed by atoms with van der Waals surface area (Å²) in [6.07, 6.45) is -0.162. The van der Waals surface area contributed by atoms with Crippen molar-refractivity contribution in [3.63, 3.8) is 0 Å². The molecule has 2 amide bonds. The van der Waals surface area contributed by atoms with E-state index in [-0.39, 0.29) is 23.3 Å². The second kappa shape index (κ2) is 6.52. The summed E-state index contributed by atoms with van der Waals surface area (Å²) in [5.74, 6) is -0.295. The smallest absolute Gasteiger partial charge is 0.248 e. The largest absolute Gasteiger partial charge is 0.496 e. The predicted octanol–water partition coefficient (Wildman–Crippen LogP) is 1.13. The van der Waals surface area contributed by atoms with E-state index in [0.29, 0.717) is 16.9 Å². The molecule has 24 heavy (non-hydrogen) atoms. The van der Waals surface area contributed by atoms with E-state index in [9.17, 15) is 18.0 Å². The molecule has 1 fully saturated rings. The van der Waals surface area contributed by atoms with Crippen molar-refractivity contribution in [3.8, 4) is 5.75 Å². The monoisotopic (exact) mass is 354 g/mol. The number of benzene rings is 1. The first-order chi connectivity index (χ1) is 11.1. The molecule has 1 atom stereocenters. The Kier molecular flexibility index (Phi) is 5.00. The average molecular weight is 354 g/mol. The summed E-state index contributed by atoms with van der Waals surface area (Å²) < 4.78 is 32.9. The molecule has 132 valence electrons. The molecule has 1 aromatic rings. The van der Waals surface area contributed by atoms with Crippen molar-refractivity contribution in [1.82, 2.24) is 9.62 Å². The average Bonchev–Trinajstić information content (AvgIpc) is 2.74. The molecule has 1 aliphatic rings. The van der Waals surface area contributed by atoms with Crippen molar-refractivity contribution < 1.29 is 22.7 Å². The summed E-state index contributed by atoms with van der Waals surface area (Å²) in [6, 6.07) is 1.76. The number of nitrogens with one attached hydrogen (secondary N) is 1. The van der Waals surface area contributed by atoms with E-state index in [2.05, 4.69) is 4.72 Å². The third-order valence-electron chi connectivity index (χ3n) is 3.98. The van der Waals surface area contributed by atoms with Gasteiger partial charge in [-0.1, -0.05) is 0 Å². The first-order valence-corrected chi connectivity index (χ1v) is 9.10. The van der Waals surface area contributed by atoms with Crippen molar-refractivity contribution >= 4 is 21.8 Å². The minimum Gasteiger partial charge on any atom is -0.496 e. The van der Waals surface area contributed by atoms with Crippen LogP contribution in [0.2, 0.25) is 0 Å². The van der Waals surface area contributed by atoms with Gasteiger partial charge in [0, 0.05) is 6.04 Å². The molecule has 0 spiro atoms. The fraction of sp³-hybridized carbons (Fsp3) is 0.500. The number of sulfonamides is 1. The number of likely N-dealkylation sites (tertiary alicyclic amines) is 1. The van der Waals surface area contributed by atoms with Gasteiger partial charge in [-0.25, -0.2) is 8.42 Å². The second-order valence-electron chi connectivity index (χ2n) is 6.16. The number of carbonyl (C=O) groups is 2. The summed E-state index contributed by atoms with van der Waals surface area (Å²) in [4.78, 5) is 25.4. The Balaban J connectivity index is 2.32. The van der Waals surface area contributed by atoms with Crippen molar-refractivity contribution in [2.45, 2.75) is 51.1 Å².